The zero-order valence-electron chi connectivity index (χ0n) is 14.4. The fraction of sp³-hybridized carbons (Fsp3) is 0.389. The molecule has 0 unspecified atom stereocenters. The van der Waals surface area contributed by atoms with Crippen molar-refractivity contribution in [1.29, 1.82) is 0 Å². The maximum Gasteiger partial charge on any atom is 0.323 e. The lowest BCUT2D eigenvalue weighted by molar-refractivity contribution is -0.148. The molecule has 1 aromatic carbocycles. The van der Waals surface area contributed by atoms with E-state index < -0.39 is 12.0 Å². The van der Waals surface area contributed by atoms with Crippen molar-refractivity contribution in [1.82, 2.24) is 9.80 Å². The maximum absolute atomic E-state index is 12.9. The Balaban J connectivity index is 2.17. The molecule has 1 aliphatic heterocycles. The quantitative estimate of drug-likeness (QED) is 0.787. The van der Waals surface area contributed by atoms with Crippen molar-refractivity contribution in [3.63, 3.8) is 0 Å². The van der Waals surface area contributed by atoms with Gasteiger partial charge in [-0.05, 0) is 31.6 Å². The van der Waals surface area contributed by atoms with Gasteiger partial charge in [-0.25, -0.2) is 0 Å². The molecule has 1 atom stereocenters. The molecule has 1 N–H and O–H groups in total. The molecule has 0 radical (unpaired) electrons. The van der Waals surface area contributed by atoms with E-state index in [0.717, 1.165) is 5.57 Å². The zero-order chi connectivity index (χ0) is 18.6. The Hall–Kier alpha value is -2.83. The van der Waals surface area contributed by atoms with Crippen LogP contribution in [0.1, 0.15) is 24.2 Å². The van der Waals surface area contributed by atoms with E-state index in [-0.39, 0.29) is 31.4 Å². The summed E-state index contributed by atoms with van der Waals surface area (Å²) in [6.45, 7) is 7.60. The molecule has 0 spiro atoms. The van der Waals surface area contributed by atoms with E-state index in [1.807, 2.05) is 6.92 Å². The lowest BCUT2D eigenvalue weighted by Crippen LogP contribution is -2.58. The van der Waals surface area contributed by atoms with Gasteiger partial charge in [0.25, 0.3) is 5.91 Å². The van der Waals surface area contributed by atoms with Crippen LogP contribution in [0.2, 0.25) is 0 Å². The molecule has 0 saturated carbocycles. The van der Waals surface area contributed by atoms with Crippen molar-refractivity contribution in [3.05, 3.63) is 42.0 Å². The first kappa shape index (κ1) is 18.5. The van der Waals surface area contributed by atoms with Crippen LogP contribution >= 0.6 is 0 Å². The second-order valence-corrected chi connectivity index (χ2v) is 6.07. The van der Waals surface area contributed by atoms with Crippen LogP contribution in [0.15, 0.2) is 36.4 Å². The SMILES string of the molecule is C=C(C)COc1ccccc1C(=O)N1CCN(CC(=O)O)C(=O)[C@H]1C. The molecule has 1 fully saturated rings. The summed E-state index contributed by atoms with van der Waals surface area (Å²) in [5, 5.41) is 8.87. The van der Waals surface area contributed by atoms with Gasteiger partial charge >= 0.3 is 5.97 Å². The lowest BCUT2D eigenvalue weighted by atomic mass is 10.1. The van der Waals surface area contributed by atoms with Gasteiger partial charge in [-0.3, -0.25) is 14.4 Å². The molecule has 0 aliphatic carbocycles. The number of ether oxygens (including phenoxy) is 1. The summed E-state index contributed by atoms with van der Waals surface area (Å²) >= 11 is 0. The Labute approximate surface area is 146 Å². The molecule has 1 aliphatic rings. The number of hydrogen-bond donors (Lipinski definition) is 1. The van der Waals surface area contributed by atoms with E-state index >= 15 is 0 Å². The Bertz CT molecular complexity index is 700. The number of piperazine rings is 1. The van der Waals surface area contributed by atoms with Gasteiger partial charge < -0.3 is 19.6 Å². The topological polar surface area (TPSA) is 87.2 Å². The maximum atomic E-state index is 12.9. The van der Waals surface area contributed by atoms with Crippen LogP contribution < -0.4 is 4.74 Å². The highest BCUT2D eigenvalue weighted by Gasteiger charge is 2.36. The third-order valence-electron chi connectivity index (χ3n) is 3.93. The van der Waals surface area contributed by atoms with E-state index in [2.05, 4.69) is 6.58 Å². The van der Waals surface area contributed by atoms with Crippen LogP contribution in [0, 0.1) is 0 Å². The molecule has 1 heterocycles. The van der Waals surface area contributed by atoms with Gasteiger partial charge in [-0.2, -0.15) is 0 Å². The molecule has 1 saturated heterocycles. The smallest absolute Gasteiger partial charge is 0.323 e. The number of carbonyl (C=O) groups excluding carboxylic acids is 2. The molecule has 134 valence electrons. The van der Waals surface area contributed by atoms with E-state index in [1.165, 1.54) is 9.80 Å². The van der Waals surface area contributed by atoms with Crippen LogP contribution in [-0.2, 0) is 9.59 Å². The highest BCUT2D eigenvalue weighted by Crippen LogP contribution is 2.23. The number of aliphatic carboxylic acids is 1. The minimum absolute atomic E-state index is 0.190. The Kier molecular flexibility index (Phi) is 5.80. The largest absolute Gasteiger partial charge is 0.488 e. The van der Waals surface area contributed by atoms with Crippen molar-refractivity contribution < 1.29 is 24.2 Å². The van der Waals surface area contributed by atoms with Crippen LogP contribution in [-0.4, -0.2) is 65.0 Å². The third-order valence-corrected chi connectivity index (χ3v) is 3.93. The van der Waals surface area contributed by atoms with E-state index in [9.17, 15) is 14.4 Å². The van der Waals surface area contributed by atoms with Crippen molar-refractivity contribution in [3.8, 4) is 5.75 Å². The van der Waals surface area contributed by atoms with E-state index in [1.54, 1.807) is 31.2 Å². The summed E-state index contributed by atoms with van der Waals surface area (Å²) < 4.78 is 5.63. The van der Waals surface area contributed by atoms with Crippen molar-refractivity contribution in [2.45, 2.75) is 19.9 Å². The van der Waals surface area contributed by atoms with E-state index in [4.69, 9.17) is 9.84 Å². The fourth-order valence-electron chi connectivity index (χ4n) is 2.65. The van der Waals surface area contributed by atoms with Gasteiger partial charge in [0.05, 0.1) is 5.56 Å². The van der Waals surface area contributed by atoms with Gasteiger partial charge in [0.15, 0.2) is 0 Å². The molecule has 7 heteroatoms. The minimum atomic E-state index is -1.07. The third kappa shape index (κ3) is 4.37. The summed E-state index contributed by atoms with van der Waals surface area (Å²) in [6, 6.07) is 6.12. The molecular weight excluding hydrogens is 324 g/mol. The molecular formula is C18H22N2O5. The van der Waals surface area contributed by atoms with Gasteiger partial charge in [-0.1, -0.05) is 18.7 Å². The van der Waals surface area contributed by atoms with Crippen LogP contribution in [0.25, 0.3) is 0 Å². The number of carboxylic acids is 1. The van der Waals surface area contributed by atoms with Gasteiger partial charge in [0.2, 0.25) is 5.91 Å². The molecule has 0 aromatic heterocycles. The Morgan fingerprint density at radius 2 is 2.00 bits per heavy atom. The average Bonchev–Trinajstić information content (AvgIpc) is 2.56. The molecule has 25 heavy (non-hydrogen) atoms. The van der Waals surface area contributed by atoms with E-state index in [0.29, 0.717) is 17.9 Å². The summed E-state index contributed by atoms with van der Waals surface area (Å²) in [6.07, 6.45) is 0. The number of benzene rings is 1. The number of carbonyl (C=O) groups is 3. The lowest BCUT2D eigenvalue weighted by Gasteiger charge is -2.38. The molecule has 0 bridgehead atoms. The highest BCUT2D eigenvalue weighted by molar-refractivity contribution is 6.00. The van der Waals surface area contributed by atoms with Crippen LogP contribution in [0.3, 0.4) is 0 Å². The molecule has 7 nitrogen and oxygen atoms in total. The predicted molar refractivity (Wildman–Crippen MR) is 91.5 cm³/mol. The van der Waals surface area contributed by atoms with Gasteiger partial charge in [0.1, 0.15) is 24.9 Å². The Morgan fingerprint density at radius 1 is 1.32 bits per heavy atom. The number of carboxylic acid groups (broad SMARTS) is 1. The van der Waals surface area contributed by atoms with Gasteiger partial charge in [-0.15, -0.1) is 0 Å². The van der Waals surface area contributed by atoms with Crippen molar-refractivity contribution in [2.24, 2.45) is 0 Å². The normalized spacial score (nSPS) is 17.4. The molecule has 2 rings (SSSR count). The minimum Gasteiger partial charge on any atom is -0.488 e. The van der Waals surface area contributed by atoms with Crippen molar-refractivity contribution >= 4 is 17.8 Å². The van der Waals surface area contributed by atoms with Crippen molar-refractivity contribution in [2.75, 3.05) is 26.2 Å². The summed E-state index contributed by atoms with van der Waals surface area (Å²) in [5.74, 6) is -1.32. The number of para-hydroxylation sites is 1. The summed E-state index contributed by atoms with van der Waals surface area (Å²) in [7, 11) is 0. The van der Waals surface area contributed by atoms with Gasteiger partial charge in [0, 0.05) is 13.1 Å². The monoisotopic (exact) mass is 346 g/mol. The highest BCUT2D eigenvalue weighted by atomic mass is 16.5. The first-order valence-corrected chi connectivity index (χ1v) is 7.99. The number of hydrogen-bond acceptors (Lipinski definition) is 4. The average molecular weight is 346 g/mol. The molecule has 1 aromatic rings. The second-order valence-electron chi connectivity index (χ2n) is 6.07. The van der Waals surface area contributed by atoms with Crippen LogP contribution in [0.4, 0.5) is 0 Å². The first-order chi connectivity index (χ1) is 11.8. The fourth-order valence-corrected chi connectivity index (χ4v) is 2.65. The number of nitrogens with zero attached hydrogens (tertiary/aromatic N) is 2. The first-order valence-electron chi connectivity index (χ1n) is 7.99. The van der Waals surface area contributed by atoms with Crippen LogP contribution in [0.5, 0.6) is 5.75 Å². The predicted octanol–water partition coefficient (Wildman–Crippen LogP) is 1.40. The summed E-state index contributed by atoms with van der Waals surface area (Å²) in [4.78, 5) is 38.7. The standard InChI is InChI=1S/C18H22N2O5/c1-12(2)11-25-15-7-5-4-6-14(15)18(24)20-9-8-19(10-16(21)22)17(23)13(20)3/h4-7,13H,1,8-11H2,2-3H3,(H,21,22)/t13-/m1/s1. The zero-order valence-corrected chi connectivity index (χ0v) is 14.4. The number of amides is 2. The summed E-state index contributed by atoms with van der Waals surface area (Å²) in [5.41, 5.74) is 1.20. The number of rotatable bonds is 6. The molecule has 2 amide bonds. The Morgan fingerprint density at radius 3 is 2.64 bits per heavy atom. The second kappa shape index (κ2) is 7.83.